The number of hydrogen-bond donors (Lipinski definition) is 1. The lowest BCUT2D eigenvalue weighted by atomic mass is 10.1. The average Bonchev–Trinajstić information content (AvgIpc) is 2.49. The first-order valence-electron chi connectivity index (χ1n) is 6.80. The molecule has 0 amide bonds. The van der Waals surface area contributed by atoms with Gasteiger partial charge in [-0.15, -0.1) is 0 Å². The van der Waals surface area contributed by atoms with Gasteiger partial charge in [-0.05, 0) is 53.9 Å². The number of benzene rings is 1. The molecule has 1 aromatic heterocycles. The first-order valence-corrected chi connectivity index (χ1v) is 7.60. The number of nitrogen functional groups attached to an aromatic ring is 1. The number of carbonyl (C=O) groups is 1. The van der Waals surface area contributed by atoms with E-state index in [4.69, 9.17) is 15.2 Å². The minimum Gasteiger partial charge on any atom is -0.462 e. The summed E-state index contributed by atoms with van der Waals surface area (Å²) in [6, 6.07) is 5.76. The van der Waals surface area contributed by atoms with E-state index in [9.17, 15) is 4.79 Å². The van der Waals surface area contributed by atoms with Crippen LogP contribution in [-0.4, -0.2) is 17.6 Å². The quantitative estimate of drug-likeness (QED) is 0.829. The molecule has 0 radical (unpaired) electrons. The Balaban J connectivity index is 2.36. The van der Waals surface area contributed by atoms with Crippen molar-refractivity contribution in [1.29, 1.82) is 0 Å². The molecule has 0 saturated heterocycles. The number of ether oxygens (including phenoxy) is 2. The third-order valence-corrected chi connectivity index (χ3v) is 4.05. The summed E-state index contributed by atoms with van der Waals surface area (Å²) in [5.74, 6) is 0.488. The highest BCUT2D eigenvalue weighted by Crippen LogP contribution is 2.35. The van der Waals surface area contributed by atoms with Gasteiger partial charge in [0.15, 0.2) is 0 Å². The Morgan fingerprint density at radius 2 is 2.09 bits per heavy atom. The van der Waals surface area contributed by atoms with Crippen LogP contribution in [0.1, 0.15) is 28.4 Å². The molecule has 0 fully saturated rings. The van der Waals surface area contributed by atoms with Crippen LogP contribution in [0.25, 0.3) is 0 Å². The molecule has 22 heavy (non-hydrogen) atoms. The van der Waals surface area contributed by atoms with Crippen LogP contribution in [0.5, 0.6) is 11.6 Å². The largest absolute Gasteiger partial charge is 0.462 e. The molecule has 2 N–H and O–H groups in total. The summed E-state index contributed by atoms with van der Waals surface area (Å²) in [4.78, 5) is 15.9. The summed E-state index contributed by atoms with van der Waals surface area (Å²) in [5, 5.41) is 0. The third kappa shape index (κ3) is 3.22. The Kier molecular flexibility index (Phi) is 5.03. The standard InChI is InChI=1S/C16H17BrN2O3/c1-4-21-16(20)11-8-19-15(13(17)14(11)18)22-12-7-5-6-9(2)10(12)3/h5-8H,4H2,1-3H3,(H2,18,19). The second-order valence-corrected chi connectivity index (χ2v) is 5.52. The fourth-order valence-electron chi connectivity index (χ4n) is 1.86. The maximum Gasteiger partial charge on any atom is 0.341 e. The Morgan fingerprint density at radius 1 is 1.36 bits per heavy atom. The number of aryl methyl sites for hydroxylation is 1. The number of halogens is 1. The molecular weight excluding hydrogens is 348 g/mol. The van der Waals surface area contributed by atoms with Crippen LogP contribution in [-0.2, 0) is 4.74 Å². The lowest BCUT2D eigenvalue weighted by Crippen LogP contribution is -2.09. The predicted molar refractivity (Wildman–Crippen MR) is 88.3 cm³/mol. The molecule has 0 bridgehead atoms. The maximum atomic E-state index is 11.8. The molecule has 2 rings (SSSR count). The van der Waals surface area contributed by atoms with Gasteiger partial charge in [0.25, 0.3) is 0 Å². The van der Waals surface area contributed by atoms with Gasteiger partial charge in [-0.2, -0.15) is 0 Å². The number of pyridine rings is 1. The minimum absolute atomic E-state index is 0.210. The summed E-state index contributed by atoms with van der Waals surface area (Å²) in [6.07, 6.45) is 1.36. The van der Waals surface area contributed by atoms with E-state index in [-0.39, 0.29) is 17.9 Å². The van der Waals surface area contributed by atoms with Crippen molar-refractivity contribution in [3.8, 4) is 11.6 Å². The second-order valence-electron chi connectivity index (χ2n) is 4.73. The van der Waals surface area contributed by atoms with Crippen LogP contribution in [0.15, 0.2) is 28.9 Å². The number of nitrogens with zero attached hydrogens (tertiary/aromatic N) is 1. The number of hydrogen-bond acceptors (Lipinski definition) is 5. The fraction of sp³-hybridized carbons (Fsp3) is 0.250. The van der Waals surface area contributed by atoms with Crippen molar-refractivity contribution in [2.75, 3.05) is 12.3 Å². The van der Waals surface area contributed by atoms with E-state index in [1.54, 1.807) is 6.92 Å². The van der Waals surface area contributed by atoms with Gasteiger partial charge in [-0.25, -0.2) is 9.78 Å². The SMILES string of the molecule is CCOC(=O)c1cnc(Oc2cccc(C)c2C)c(Br)c1N. The van der Waals surface area contributed by atoms with Crippen LogP contribution < -0.4 is 10.5 Å². The van der Waals surface area contributed by atoms with E-state index < -0.39 is 5.97 Å². The minimum atomic E-state index is -0.508. The van der Waals surface area contributed by atoms with Gasteiger partial charge in [0.2, 0.25) is 5.88 Å². The molecule has 0 aliphatic carbocycles. The zero-order valence-corrected chi connectivity index (χ0v) is 14.2. The average molecular weight is 365 g/mol. The normalized spacial score (nSPS) is 10.4. The molecule has 0 unspecified atom stereocenters. The monoisotopic (exact) mass is 364 g/mol. The number of rotatable bonds is 4. The molecule has 2 aromatic rings. The van der Waals surface area contributed by atoms with Crippen molar-refractivity contribution in [1.82, 2.24) is 4.98 Å². The Morgan fingerprint density at radius 3 is 2.77 bits per heavy atom. The van der Waals surface area contributed by atoms with E-state index in [0.29, 0.717) is 16.1 Å². The smallest absolute Gasteiger partial charge is 0.341 e. The summed E-state index contributed by atoms with van der Waals surface area (Å²) in [6.45, 7) is 5.98. The topological polar surface area (TPSA) is 74.4 Å². The van der Waals surface area contributed by atoms with Crippen molar-refractivity contribution in [2.24, 2.45) is 0 Å². The van der Waals surface area contributed by atoms with Crippen molar-refractivity contribution in [2.45, 2.75) is 20.8 Å². The Bertz CT molecular complexity index is 717. The molecule has 5 nitrogen and oxygen atoms in total. The number of carbonyl (C=O) groups excluding carboxylic acids is 1. The Hall–Kier alpha value is -2.08. The van der Waals surface area contributed by atoms with Crippen LogP contribution in [0.4, 0.5) is 5.69 Å². The summed E-state index contributed by atoms with van der Waals surface area (Å²) >= 11 is 3.33. The molecule has 6 heteroatoms. The summed E-state index contributed by atoms with van der Waals surface area (Å²) in [5.41, 5.74) is 8.56. The van der Waals surface area contributed by atoms with E-state index >= 15 is 0 Å². The van der Waals surface area contributed by atoms with Gasteiger partial charge < -0.3 is 15.2 Å². The number of aromatic nitrogens is 1. The number of esters is 1. The molecule has 116 valence electrons. The first kappa shape index (κ1) is 16.3. The van der Waals surface area contributed by atoms with E-state index in [1.165, 1.54) is 6.20 Å². The third-order valence-electron chi connectivity index (χ3n) is 3.28. The molecule has 0 saturated carbocycles. The second kappa shape index (κ2) is 6.79. The van der Waals surface area contributed by atoms with E-state index in [2.05, 4.69) is 20.9 Å². The molecular formula is C16H17BrN2O3. The highest BCUT2D eigenvalue weighted by molar-refractivity contribution is 9.10. The van der Waals surface area contributed by atoms with Crippen LogP contribution in [0, 0.1) is 13.8 Å². The van der Waals surface area contributed by atoms with Crippen molar-refractivity contribution < 1.29 is 14.3 Å². The lowest BCUT2D eigenvalue weighted by Gasteiger charge is -2.13. The molecule has 1 heterocycles. The van der Waals surface area contributed by atoms with Crippen molar-refractivity contribution in [3.63, 3.8) is 0 Å². The first-order chi connectivity index (χ1) is 10.5. The van der Waals surface area contributed by atoms with Gasteiger partial charge in [-0.3, -0.25) is 0 Å². The fourth-order valence-corrected chi connectivity index (χ4v) is 2.26. The van der Waals surface area contributed by atoms with E-state index in [0.717, 1.165) is 11.1 Å². The van der Waals surface area contributed by atoms with Gasteiger partial charge in [0.1, 0.15) is 15.8 Å². The van der Waals surface area contributed by atoms with Crippen molar-refractivity contribution in [3.05, 3.63) is 45.6 Å². The summed E-state index contributed by atoms with van der Waals surface area (Å²) < 4.78 is 11.2. The van der Waals surface area contributed by atoms with Gasteiger partial charge in [0, 0.05) is 6.20 Å². The van der Waals surface area contributed by atoms with Gasteiger partial charge in [-0.1, -0.05) is 12.1 Å². The molecule has 0 spiro atoms. The van der Waals surface area contributed by atoms with Crippen LogP contribution >= 0.6 is 15.9 Å². The van der Waals surface area contributed by atoms with Crippen molar-refractivity contribution >= 4 is 27.6 Å². The Labute approximate surface area is 137 Å². The molecule has 1 aromatic carbocycles. The predicted octanol–water partition coefficient (Wildman–Crippen LogP) is 4.01. The molecule has 0 aliphatic heterocycles. The lowest BCUT2D eigenvalue weighted by molar-refractivity contribution is 0.0527. The number of nitrogens with two attached hydrogens (primary N) is 1. The highest BCUT2D eigenvalue weighted by atomic mass is 79.9. The highest BCUT2D eigenvalue weighted by Gasteiger charge is 2.18. The van der Waals surface area contributed by atoms with Crippen LogP contribution in [0.3, 0.4) is 0 Å². The van der Waals surface area contributed by atoms with E-state index in [1.807, 2.05) is 32.0 Å². The molecule has 0 aliphatic rings. The van der Waals surface area contributed by atoms with Gasteiger partial charge >= 0.3 is 5.97 Å². The van der Waals surface area contributed by atoms with Gasteiger partial charge in [0.05, 0.1) is 12.3 Å². The zero-order chi connectivity index (χ0) is 16.3. The molecule has 0 atom stereocenters. The summed E-state index contributed by atoms with van der Waals surface area (Å²) in [7, 11) is 0. The zero-order valence-electron chi connectivity index (χ0n) is 12.6. The maximum absolute atomic E-state index is 11.8. The van der Waals surface area contributed by atoms with Crippen LogP contribution in [0.2, 0.25) is 0 Å². The number of anilines is 1.